The van der Waals surface area contributed by atoms with E-state index in [1.165, 1.54) is 17.4 Å². The molecule has 0 unspecified atom stereocenters. The monoisotopic (exact) mass is 365 g/mol. The van der Waals surface area contributed by atoms with Crippen LogP contribution in [0.5, 0.6) is 0 Å². The number of hydrogen-bond acceptors (Lipinski definition) is 3. The third kappa shape index (κ3) is 4.27. The number of thiophene rings is 1. The molecule has 1 aromatic carbocycles. The molecule has 0 saturated carbocycles. The van der Waals surface area contributed by atoms with Crippen molar-refractivity contribution in [2.45, 2.75) is 6.92 Å². The summed E-state index contributed by atoms with van der Waals surface area (Å²) in [6.45, 7) is 1.80. The predicted molar refractivity (Wildman–Crippen MR) is 87.8 cm³/mol. The number of benzene rings is 1. The van der Waals surface area contributed by atoms with Crippen LogP contribution in [0.15, 0.2) is 40.9 Å². The molecule has 0 aliphatic heterocycles. The van der Waals surface area contributed by atoms with Gasteiger partial charge in [-0.15, -0.1) is 11.3 Å². The first-order valence-corrected chi connectivity index (χ1v) is 7.65. The Bertz CT molecular complexity index is 704. The molecule has 0 aliphatic rings. The summed E-state index contributed by atoms with van der Waals surface area (Å²) in [6, 6.07) is 9.03. The number of nitrogens with one attached hydrogen (secondary N) is 1. The van der Waals surface area contributed by atoms with Crippen LogP contribution in [0, 0.1) is 6.92 Å². The molecule has 0 radical (unpaired) electrons. The van der Waals surface area contributed by atoms with E-state index in [1.807, 2.05) is 24.3 Å². The van der Waals surface area contributed by atoms with Gasteiger partial charge in [-0.2, -0.15) is 0 Å². The largest absolute Gasteiger partial charge is 0.478 e. The Morgan fingerprint density at radius 1 is 1.29 bits per heavy atom. The second-order valence-electron chi connectivity index (χ2n) is 4.28. The minimum Gasteiger partial charge on any atom is -0.478 e. The molecule has 108 valence electrons. The summed E-state index contributed by atoms with van der Waals surface area (Å²) >= 11 is 4.58. The molecule has 1 amide bonds. The summed E-state index contributed by atoms with van der Waals surface area (Å²) in [4.78, 5) is 23.7. The van der Waals surface area contributed by atoms with Gasteiger partial charge in [0.15, 0.2) is 0 Å². The van der Waals surface area contributed by atoms with E-state index in [1.54, 1.807) is 19.1 Å². The van der Waals surface area contributed by atoms with Crippen LogP contribution >= 0.6 is 27.3 Å². The standard InChI is InChI=1S/C15H12BrNO3S/c1-9-8-12(15(19)20)14(21-9)17-13(18)7-4-10-2-5-11(16)6-3-10/h2-8H,1H3,(H,17,18)(H,19,20). The van der Waals surface area contributed by atoms with Crippen LogP contribution in [0.2, 0.25) is 0 Å². The molecule has 21 heavy (non-hydrogen) atoms. The lowest BCUT2D eigenvalue weighted by Gasteiger charge is -2.00. The fourth-order valence-corrected chi connectivity index (χ4v) is 2.84. The van der Waals surface area contributed by atoms with E-state index in [2.05, 4.69) is 21.2 Å². The highest BCUT2D eigenvalue weighted by molar-refractivity contribution is 9.10. The van der Waals surface area contributed by atoms with E-state index in [0.29, 0.717) is 5.00 Å². The molecule has 0 fully saturated rings. The van der Waals surface area contributed by atoms with Crippen molar-refractivity contribution in [1.29, 1.82) is 0 Å². The third-order valence-corrected chi connectivity index (χ3v) is 4.11. The summed E-state index contributed by atoms with van der Waals surface area (Å²) in [5, 5.41) is 12.0. The number of amides is 1. The molecule has 4 nitrogen and oxygen atoms in total. The zero-order chi connectivity index (χ0) is 15.4. The van der Waals surface area contributed by atoms with Gasteiger partial charge in [-0.1, -0.05) is 28.1 Å². The van der Waals surface area contributed by atoms with Gasteiger partial charge in [0.05, 0.1) is 5.56 Å². The van der Waals surface area contributed by atoms with Gasteiger partial charge in [0.1, 0.15) is 5.00 Å². The molecule has 1 heterocycles. The Kier molecular flexibility index (Phi) is 4.93. The van der Waals surface area contributed by atoms with Crippen LogP contribution in [-0.4, -0.2) is 17.0 Å². The van der Waals surface area contributed by atoms with Gasteiger partial charge in [-0.3, -0.25) is 4.79 Å². The van der Waals surface area contributed by atoms with E-state index < -0.39 is 5.97 Å². The first kappa shape index (κ1) is 15.5. The van der Waals surface area contributed by atoms with Crippen molar-refractivity contribution < 1.29 is 14.7 Å². The Hall–Kier alpha value is -1.92. The zero-order valence-corrected chi connectivity index (χ0v) is 13.5. The summed E-state index contributed by atoms with van der Waals surface area (Å²) in [5.41, 5.74) is 0.997. The zero-order valence-electron chi connectivity index (χ0n) is 11.1. The Labute approximate surface area is 134 Å². The lowest BCUT2D eigenvalue weighted by atomic mass is 10.2. The van der Waals surface area contributed by atoms with Crippen LogP contribution in [0.1, 0.15) is 20.8 Å². The Morgan fingerprint density at radius 3 is 2.57 bits per heavy atom. The Morgan fingerprint density at radius 2 is 1.95 bits per heavy atom. The van der Waals surface area contributed by atoms with E-state index in [-0.39, 0.29) is 11.5 Å². The highest BCUT2D eigenvalue weighted by Gasteiger charge is 2.14. The number of carbonyl (C=O) groups excluding carboxylic acids is 1. The van der Waals surface area contributed by atoms with Crippen molar-refractivity contribution in [2.24, 2.45) is 0 Å². The van der Waals surface area contributed by atoms with Gasteiger partial charge in [-0.05, 0) is 36.8 Å². The first-order valence-electron chi connectivity index (χ1n) is 6.04. The smallest absolute Gasteiger partial charge is 0.338 e. The molecule has 6 heteroatoms. The molecule has 0 atom stereocenters. The van der Waals surface area contributed by atoms with Gasteiger partial charge >= 0.3 is 5.97 Å². The molecule has 2 N–H and O–H groups in total. The molecule has 0 aliphatic carbocycles. The number of rotatable bonds is 4. The average Bonchev–Trinajstić information content (AvgIpc) is 2.79. The number of anilines is 1. The molecule has 0 spiro atoms. The van der Waals surface area contributed by atoms with E-state index in [9.17, 15) is 9.59 Å². The van der Waals surface area contributed by atoms with Crippen LogP contribution < -0.4 is 5.32 Å². The topological polar surface area (TPSA) is 66.4 Å². The van der Waals surface area contributed by atoms with Gasteiger partial charge < -0.3 is 10.4 Å². The second kappa shape index (κ2) is 6.69. The van der Waals surface area contributed by atoms with Gasteiger partial charge in [0.25, 0.3) is 0 Å². The Balaban J connectivity index is 2.08. The minimum atomic E-state index is -1.05. The minimum absolute atomic E-state index is 0.114. The highest BCUT2D eigenvalue weighted by atomic mass is 79.9. The fraction of sp³-hybridized carbons (Fsp3) is 0.0667. The van der Waals surface area contributed by atoms with Crippen molar-refractivity contribution in [2.75, 3.05) is 5.32 Å². The maximum absolute atomic E-state index is 11.8. The van der Waals surface area contributed by atoms with Crippen LogP contribution in [-0.2, 0) is 4.79 Å². The second-order valence-corrected chi connectivity index (χ2v) is 6.45. The highest BCUT2D eigenvalue weighted by Crippen LogP contribution is 2.27. The fourth-order valence-electron chi connectivity index (χ4n) is 1.67. The number of aryl methyl sites for hydroxylation is 1. The SMILES string of the molecule is Cc1cc(C(=O)O)c(NC(=O)C=Cc2ccc(Br)cc2)s1. The van der Waals surface area contributed by atoms with Crippen LogP contribution in [0.3, 0.4) is 0 Å². The molecule has 0 saturated heterocycles. The summed E-state index contributed by atoms with van der Waals surface area (Å²) in [5.74, 6) is -1.41. The molecular formula is C15H12BrNO3S. The first-order chi connectivity index (χ1) is 9.95. The van der Waals surface area contributed by atoms with Crippen LogP contribution in [0.4, 0.5) is 5.00 Å². The van der Waals surface area contributed by atoms with E-state index in [4.69, 9.17) is 5.11 Å². The normalized spacial score (nSPS) is 10.8. The van der Waals surface area contributed by atoms with Gasteiger partial charge in [0, 0.05) is 15.4 Å². The van der Waals surface area contributed by atoms with Crippen molar-refractivity contribution >= 4 is 50.2 Å². The number of carboxylic acid groups (broad SMARTS) is 1. The third-order valence-electron chi connectivity index (χ3n) is 2.62. The number of halogens is 1. The predicted octanol–water partition coefficient (Wildman–Crippen LogP) is 4.17. The lowest BCUT2D eigenvalue weighted by Crippen LogP contribution is -2.09. The van der Waals surface area contributed by atoms with Crippen molar-refractivity contribution in [1.82, 2.24) is 0 Å². The van der Waals surface area contributed by atoms with Gasteiger partial charge in [-0.25, -0.2) is 4.79 Å². The quantitative estimate of drug-likeness (QED) is 0.799. The maximum atomic E-state index is 11.8. The molecule has 0 bridgehead atoms. The molecule has 1 aromatic heterocycles. The molecule has 2 aromatic rings. The molecular weight excluding hydrogens is 354 g/mol. The number of hydrogen-bond donors (Lipinski definition) is 2. The summed E-state index contributed by atoms with van der Waals surface area (Å²) < 4.78 is 0.962. The van der Waals surface area contributed by atoms with Crippen molar-refractivity contribution in [3.8, 4) is 0 Å². The lowest BCUT2D eigenvalue weighted by molar-refractivity contribution is -0.111. The van der Waals surface area contributed by atoms with E-state index in [0.717, 1.165) is 14.9 Å². The molecule has 2 rings (SSSR count). The van der Waals surface area contributed by atoms with Gasteiger partial charge in [0.2, 0.25) is 5.91 Å². The average molecular weight is 366 g/mol. The number of aromatic carboxylic acids is 1. The van der Waals surface area contributed by atoms with Crippen molar-refractivity contribution in [3.05, 3.63) is 56.9 Å². The van der Waals surface area contributed by atoms with Crippen molar-refractivity contribution in [3.63, 3.8) is 0 Å². The maximum Gasteiger partial charge on any atom is 0.338 e. The summed E-state index contributed by atoms with van der Waals surface area (Å²) in [7, 11) is 0. The number of carboxylic acids is 1. The number of carbonyl (C=O) groups is 2. The summed E-state index contributed by atoms with van der Waals surface area (Å²) in [6.07, 6.45) is 3.05. The van der Waals surface area contributed by atoms with E-state index >= 15 is 0 Å². The van der Waals surface area contributed by atoms with Crippen LogP contribution in [0.25, 0.3) is 6.08 Å².